The lowest BCUT2D eigenvalue weighted by Crippen LogP contribution is -2.61. The van der Waals surface area contributed by atoms with Crippen LogP contribution in [0, 0.1) is 17.3 Å². The smallest absolute Gasteiger partial charge is 0.275 e. The van der Waals surface area contributed by atoms with Crippen LogP contribution in [0.5, 0.6) is 0 Å². The zero-order chi connectivity index (χ0) is 17.2. The number of hydrogen-bond acceptors (Lipinski definition) is 4. The number of halogens is 1. The molecule has 0 amide bonds. The van der Waals surface area contributed by atoms with E-state index in [1.807, 2.05) is 12.3 Å². The molecule has 25 heavy (non-hydrogen) atoms. The summed E-state index contributed by atoms with van der Waals surface area (Å²) in [5, 5.41) is 9.70. The molecule has 0 bridgehead atoms. The summed E-state index contributed by atoms with van der Waals surface area (Å²) in [6.07, 6.45) is 4.34. The van der Waals surface area contributed by atoms with E-state index in [-0.39, 0.29) is 5.56 Å². The average molecular weight is 360 g/mol. The lowest BCUT2D eigenvalue weighted by Gasteiger charge is -2.58. The number of benzene rings is 1. The van der Waals surface area contributed by atoms with Crippen molar-refractivity contribution in [3.8, 4) is 0 Å². The molecule has 1 aromatic carbocycles. The van der Waals surface area contributed by atoms with Gasteiger partial charge in [0.05, 0.1) is 29.8 Å². The summed E-state index contributed by atoms with van der Waals surface area (Å²) >= 11 is 6.37. The van der Waals surface area contributed by atoms with Crippen molar-refractivity contribution in [2.24, 2.45) is 24.3 Å². The Hall–Kier alpha value is -1.43. The maximum absolute atomic E-state index is 12.6. The Morgan fingerprint density at radius 2 is 2.08 bits per heavy atom. The molecule has 2 saturated heterocycles. The molecule has 1 unspecified atom stereocenters. The summed E-state index contributed by atoms with van der Waals surface area (Å²) in [6, 6.07) is 3.99. The predicted molar refractivity (Wildman–Crippen MR) is 97.1 cm³/mol. The van der Waals surface area contributed by atoms with Gasteiger partial charge in [-0.1, -0.05) is 17.7 Å². The molecule has 3 heterocycles. The van der Waals surface area contributed by atoms with Gasteiger partial charge in [0.1, 0.15) is 0 Å². The van der Waals surface area contributed by atoms with Gasteiger partial charge in [-0.15, -0.1) is 0 Å². The Morgan fingerprint density at radius 1 is 1.32 bits per heavy atom. The molecule has 3 fully saturated rings. The molecule has 6 heteroatoms. The predicted octanol–water partition coefficient (Wildman–Crippen LogP) is 2.32. The van der Waals surface area contributed by atoms with Crippen LogP contribution >= 0.6 is 11.6 Å². The molecule has 5 rings (SSSR count). The highest BCUT2D eigenvalue weighted by atomic mass is 35.5. The Balaban J connectivity index is 1.60. The van der Waals surface area contributed by atoms with Gasteiger partial charge in [0.2, 0.25) is 0 Å². The SMILES string of the molecule is Cn1ncc2c(C(C3COC3)C3CC4(CNC4)C3)ccc(Cl)c2c1=O. The van der Waals surface area contributed by atoms with Crippen molar-refractivity contribution in [3.05, 3.63) is 39.3 Å². The number of rotatable bonds is 3. The van der Waals surface area contributed by atoms with Crippen molar-refractivity contribution in [3.63, 3.8) is 0 Å². The number of hydrogen-bond donors (Lipinski definition) is 1. The first kappa shape index (κ1) is 15.8. The first-order valence-corrected chi connectivity index (χ1v) is 9.39. The highest BCUT2D eigenvalue weighted by Gasteiger charge is 2.53. The first-order chi connectivity index (χ1) is 12.1. The van der Waals surface area contributed by atoms with E-state index >= 15 is 0 Å². The van der Waals surface area contributed by atoms with Crippen LogP contribution in [-0.2, 0) is 11.8 Å². The van der Waals surface area contributed by atoms with Crippen molar-refractivity contribution in [1.82, 2.24) is 15.1 Å². The summed E-state index contributed by atoms with van der Waals surface area (Å²) in [5.41, 5.74) is 1.63. The Morgan fingerprint density at radius 3 is 2.68 bits per heavy atom. The minimum Gasteiger partial charge on any atom is -0.381 e. The molecule has 1 aliphatic carbocycles. The van der Waals surface area contributed by atoms with Gasteiger partial charge in [0.25, 0.3) is 5.56 Å². The third-order valence-electron chi connectivity index (χ3n) is 6.53. The van der Waals surface area contributed by atoms with Crippen LogP contribution in [0.1, 0.15) is 24.3 Å². The average Bonchev–Trinajstić information content (AvgIpc) is 2.45. The molecule has 2 aromatic rings. The second-order valence-electron chi connectivity index (χ2n) is 8.09. The van der Waals surface area contributed by atoms with E-state index in [9.17, 15) is 4.79 Å². The van der Waals surface area contributed by atoms with Crippen LogP contribution in [0.2, 0.25) is 5.02 Å². The van der Waals surface area contributed by atoms with Crippen LogP contribution in [0.15, 0.2) is 23.1 Å². The molecular weight excluding hydrogens is 338 g/mol. The zero-order valence-electron chi connectivity index (χ0n) is 14.3. The number of fused-ring (bicyclic) bond motifs is 1. The Bertz CT molecular complexity index is 893. The van der Waals surface area contributed by atoms with Gasteiger partial charge in [-0.3, -0.25) is 4.79 Å². The molecule has 1 atom stereocenters. The first-order valence-electron chi connectivity index (χ1n) is 9.01. The van der Waals surface area contributed by atoms with Crippen LogP contribution in [-0.4, -0.2) is 36.1 Å². The molecule has 132 valence electrons. The number of nitrogens with one attached hydrogen (secondary N) is 1. The van der Waals surface area contributed by atoms with Gasteiger partial charge in [-0.2, -0.15) is 5.10 Å². The van der Waals surface area contributed by atoms with E-state index in [4.69, 9.17) is 16.3 Å². The molecule has 1 N–H and O–H groups in total. The molecule has 3 aliphatic rings. The van der Waals surface area contributed by atoms with Crippen molar-refractivity contribution in [2.75, 3.05) is 26.3 Å². The molecule has 1 saturated carbocycles. The largest absolute Gasteiger partial charge is 0.381 e. The standard InChI is InChI=1S/C19H22ClN3O2/c1-23-18(24)17-14(6-22-23)13(2-3-15(17)20)16(12-7-25-8-12)11-4-19(5-11)9-21-10-19/h2-3,6,11-12,16,21H,4-5,7-10H2,1H3. The number of nitrogens with zero attached hydrogens (tertiary/aromatic N) is 2. The van der Waals surface area contributed by atoms with Crippen molar-refractivity contribution in [1.29, 1.82) is 0 Å². The van der Waals surface area contributed by atoms with Crippen molar-refractivity contribution in [2.45, 2.75) is 18.8 Å². The van der Waals surface area contributed by atoms with Gasteiger partial charge in [-0.05, 0) is 41.7 Å². The van der Waals surface area contributed by atoms with E-state index in [0.29, 0.717) is 33.6 Å². The van der Waals surface area contributed by atoms with Crippen LogP contribution in [0.4, 0.5) is 0 Å². The molecule has 0 radical (unpaired) electrons. The second-order valence-corrected chi connectivity index (χ2v) is 8.50. The lowest BCUT2D eigenvalue weighted by molar-refractivity contribution is -0.0890. The topological polar surface area (TPSA) is 56.1 Å². The van der Waals surface area contributed by atoms with E-state index in [2.05, 4.69) is 16.5 Å². The molecule has 2 aliphatic heterocycles. The normalized spacial score (nSPS) is 23.9. The van der Waals surface area contributed by atoms with Crippen LogP contribution in [0.25, 0.3) is 10.8 Å². The van der Waals surface area contributed by atoms with E-state index in [0.717, 1.165) is 31.7 Å². The second kappa shape index (κ2) is 5.53. The van der Waals surface area contributed by atoms with Crippen molar-refractivity contribution < 1.29 is 4.74 Å². The fourth-order valence-corrected chi connectivity index (χ4v) is 5.29. The third kappa shape index (κ3) is 2.29. The van der Waals surface area contributed by atoms with Gasteiger partial charge in [0.15, 0.2) is 0 Å². The fraction of sp³-hybridized carbons (Fsp3) is 0.579. The van der Waals surface area contributed by atoms with E-state index in [1.165, 1.54) is 23.1 Å². The van der Waals surface area contributed by atoms with Gasteiger partial charge in [0, 0.05) is 31.4 Å². The van der Waals surface area contributed by atoms with E-state index in [1.54, 1.807) is 7.05 Å². The molecule has 1 spiro atoms. The summed E-state index contributed by atoms with van der Waals surface area (Å²) in [7, 11) is 1.67. The molecule has 5 nitrogen and oxygen atoms in total. The van der Waals surface area contributed by atoms with Crippen LogP contribution in [0.3, 0.4) is 0 Å². The number of ether oxygens (including phenoxy) is 1. The zero-order valence-corrected chi connectivity index (χ0v) is 15.1. The quantitative estimate of drug-likeness (QED) is 0.913. The monoisotopic (exact) mass is 359 g/mol. The van der Waals surface area contributed by atoms with Crippen LogP contribution < -0.4 is 10.9 Å². The third-order valence-corrected chi connectivity index (χ3v) is 6.84. The minimum absolute atomic E-state index is 0.124. The summed E-state index contributed by atoms with van der Waals surface area (Å²) < 4.78 is 6.87. The minimum atomic E-state index is -0.124. The lowest BCUT2D eigenvalue weighted by atomic mass is 9.52. The van der Waals surface area contributed by atoms with E-state index < -0.39 is 0 Å². The fourth-order valence-electron chi connectivity index (χ4n) is 5.04. The highest BCUT2D eigenvalue weighted by Crippen LogP contribution is 2.56. The maximum Gasteiger partial charge on any atom is 0.275 e. The maximum atomic E-state index is 12.6. The van der Waals surface area contributed by atoms with Gasteiger partial charge in [-0.25, -0.2) is 4.68 Å². The van der Waals surface area contributed by atoms with Gasteiger partial charge < -0.3 is 10.1 Å². The van der Waals surface area contributed by atoms with Gasteiger partial charge >= 0.3 is 0 Å². The number of aromatic nitrogens is 2. The van der Waals surface area contributed by atoms with Crippen molar-refractivity contribution >= 4 is 22.4 Å². The number of aryl methyl sites for hydroxylation is 1. The summed E-state index contributed by atoms with van der Waals surface area (Å²) in [5.74, 6) is 1.61. The Kier molecular flexibility index (Phi) is 3.50. The summed E-state index contributed by atoms with van der Waals surface area (Å²) in [4.78, 5) is 12.6. The summed E-state index contributed by atoms with van der Waals surface area (Å²) in [6.45, 7) is 3.94. The molecule has 1 aromatic heterocycles. The Labute approximate surface area is 151 Å². The molecular formula is C19H22ClN3O2. The highest BCUT2D eigenvalue weighted by molar-refractivity contribution is 6.35.